The molecule has 6 heteroatoms. The fourth-order valence-electron chi connectivity index (χ4n) is 2.11. The van der Waals surface area contributed by atoms with Gasteiger partial charge < -0.3 is 14.8 Å². The third kappa shape index (κ3) is 2.89. The van der Waals surface area contributed by atoms with E-state index in [9.17, 15) is 14.7 Å². The Bertz CT molecular complexity index is 501. The van der Waals surface area contributed by atoms with Gasteiger partial charge in [-0.05, 0) is 32.4 Å². The van der Waals surface area contributed by atoms with Crippen molar-refractivity contribution in [2.45, 2.75) is 45.4 Å². The largest absolute Gasteiger partial charge is 0.480 e. The van der Waals surface area contributed by atoms with Gasteiger partial charge >= 0.3 is 12.1 Å². The molecule has 1 aromatic rings. The first-order valence-corrected chi connectivity index (χ1v) is 6.15. The molecule has 1 aliphatic heterocycles. The van der Waals surface area contributed by atoms with Crippen LogP contribution in [0.5, 0.6) is 0 Å². The molecule has 0 aliphatic carbocycles. The van der Waals surface area contributed by atoms with E-state index in [1.165, 1.54) is 4.90 Å². The number of carboxylic acid groups (broad SMARTS) is 1. The number of amides is 1. The highest BCUT2D eigenvalue weighted by Crippen LogP contribution is 2.24. The minimum Gasteiger partial charge on any atom is -0.480 e. The third-order valence-electron chi connectivity index (χ3n) is 2.96. The molecule has 1 atom stereocenters. The van der Waals surface area contributed by atoms with Crippen molar-refractivity contribution < 1.29 is 19.4 Å². The summed E-state index contributed by atoms with van der Waals surface area (Å²) in [5, 5.41) is 9.26. The smallest absolute Gasteiger partial charge is 0.411 e. The molecular formula is C13H18N2O4. The van der Waals surface area contributed by atoms with Crippen molar-refractivity contribution in [1.82, 2.24) is 9.88 Å². The van der Waals surface area contributed by atoms with Gasteiger partial charge in [0.2, 0.25) is 0 Å². The van der Waals surface area contributed by atoms with Crippen molar-refractivity contribution in [3.05, 3.63) is 23.5 Å². The topological polar surface area (TPSA) is 82.6 Å². The van der Waals surface area contributed by atoms with Gasteiger partial charge in [-0.1, -0.05) is 0 Å². The molecule has 0 aromatic carbocycles. The van der Waals surface area contributed by atoms with Crippen molar-refractivity contribution >= 4 is 12.1 Å². The van der Waals surface area contributed by atoms with E-state index in [0.717, 1.165) is 11.3 Å². The molecule has 19 heavy (non-hydrogen) atoms. The van der Waals surface area contributed by atoms with Crippen molar-refractivity contribution in [1.29, 1.82) is 0 Å². The molecule has 1 amide bonds. The van der Waals surface area contributed by atoms with E-state index in [2.05, 4.69) is 4.98 Å². The highest BCUT2D eigenvalue weighted by atomic mass is 16.6. The number of carbonyl (C=O) groups is 2. The lowest BCUT2D eigenvalue weighted by Crippen LogP contribution is -2.50. The van der Waals surface area contributed by atoms with Gasteiger partial charge in [0.1, 0.15) is 11.6 Å². The van der Waals surface area contributed by atoms with Gasteiger partial charge in [0.25, 0.3) is 0 Å². The molecule has 0 saturated carbocycles. The van der Waals surface area contributed by atoms with E-state index in [1.807, 2.05) is 6.07 Å². The fourth-order valence-corrected chi connectivity index (χ4v) is 2.11. The first-order valence-electron chi connectivity index (χ1n) is 6.15. The number of aromatic amines is 1. The number of hydrogen-bond acceptors (Lipinski definition) is 3. The molecule has 0 bridgehead atoms. The number of nitrogens with one attached hydrogen (secondary N) is 1. The fraction of sp³-hybridized carbons (Fsp3) is 0.538. The second-order valence-electron chi connectivity index (χ2n) is 5.65. The van der Waals surface area contributed by atoms with Crippen molar-refractivity contribution in [3.8, 4) is 0 Å². The molecule has 0 fully saturated rings. The Morgan fingerprint density at radius 2 is 2.16 bits per heavy atom. The number of carbonyl (C=O) groups excluding carboxylic acids is 1. The van der Waals surface area contributed by atoms with E-state index in [0.29, 0.717) is 6.42 Å². The van der Waals surface area contributed by atoms with Gasteiger partial charge in [0.05, 0.1) is 6.54 Å². The molecule has 2 N–H and O–H groups in total. The quantitative estimate of drug-likeness (QED) is 0.811. The highest BCUT2D eigenvalue weighted by molar-refractivity contribution is 5.81. The van der Waals surface area contributed by atoms with Gasteiger partial charge in [-0.15, -0.1) is 0 Å². The number of nitrogens with zero attached hydrogens (tertiary/aromatic N) is 1. The second-order valence-corrected chi connectivity index (χ2v) is 5.65. The molecular weight excluding hydrogens is 248 g/mol. The average molecular weight is 266 g/mol. The van der Waals surface area contributed by atoms with Crippen LogP contribution >= 0.6 is 0 Å². The van der Waals surface area contributed by atoms with Crippen molar-refractivity contribution in [3.63, 3.8) is 0 Å². The summed E-state index contributed by atoms with van der Waals surface area (Å²) in [6.45, 7) is 5.49. The summed E-state index contributed by atoms with van der Waals surface area (Å²) in [5.74, 6) is -1.02. The van der Waals surface area contributed by atoms with E-state index >= 15 is 0 Å². The van der Waals surface area contributed by atoms with Crippen LogP contribution in [0, 0.1) is 0 Å². The molecule has 1 aromatic heterocycles. The standard InChI is InChI=1S/C13H18N2O4/c1-13(2,3)19-12(18)15-7-9-8(4-5-14-9)6-10(15)11(16)17/h4-5,10,14H,6-7H2,1-3H3,(H,16,17). The van der Waals surface area contributed by atoms with Crippen LogP contribution < -0.4 is 0 Å². The molecule has 6 nitrogen and oxygen atoms in total. The summed E-state index contributed by atoms with van der Waals surface area (Å²) in [6, 6.07) is 0.968. The minimum absolute atomic E-state index is 0.230. The zero-order chi connectivity index (χ0) is 14.2. The second kappa shape index (κ2) is 4.60. The Hall–Kier alpha value is -1.98. The summed E-state index contributed by atoms with van der Waals surface area (Å²) in [7, 11) is 0. The van der Waals surface area contributed by atoms with E-state index < -0.39 is 23.7 Å². The van der Waals surface area contributed by atoms with Crippen molar-refractivity contribution in [2.75, 3.05) is 0 Å². The molecule has 104 valence electrons. The molecule has 1 aliphatic rings. The Morgan fingerprint density at radius 3 is 2.74 bits per heavy atom. The zero-order valence-corrected chi connectivity index (χ0v) is 11.3. The van der Waals surface area contributed by atoms with Crippen LogP contribution in [-0.4, -0.2) is 38.7 Å². The van der Waals surface area contributed by atoms with Crippen LogP contribution in [0.2, 0.25) is 0 Å². The number of aromatic nitrogens is 1. The Labute approximate surface area is 111 Å². The van der Waals surface area contributed by atoms with Gasteiger partial charge in [-0.2, -0.15) is 0 Å². The minimum atomic E-state index is -1.02. The first kappa shape index (κ1) is 13.5. The molecule has 0 saturated heterocycles. The first-order chi connectivity index (χ1) is 8.78. The maximum absolute atomic E-state index is 12.1. The van der Waals surface area contributed by atoms with Crippen LogP contribution in [0.3, 0.4) is 0 Å². The van der Waals surface area contributed by atoms with Gasteiger partial charge in [0, 0.05) is 18.3 Å². The normalized spacial score (nSPS) is 18.9. The van der Waals surface area contributed by atoms with Crippen LogP contribution in [0.1, 0.15) is 32.0 Å². The van der Waals surface area contributed by atoms with Crippen LogP contribution in [0.15, 0.2) is 12.3 Å². The van der Waals surface area contributed by atoms with Crippen LogP contribution in [0.25, 0.3) is 0 Å². The Kier molecular flexibility index (Phi) is 3.26. The lowest BCUT2D eigenvalue weighted by Gasteiger charge is -2.34. The zero-order valence-electron chi connectivity index (χ0n) is 11.3. The molecule has 0 spiro atoms. The Balaban J connectivity index is 2.22. The predicted octanol–water partition coefficient (Wildman–Crippen LogP) is 1.76. The maximum Gasteiger partial charge on any atom is 0.411 e. The Morgan fingerprint density at radius 1 is 1.47 bits per heavy atom. The molecule has 2 rings (SSSR count). The number of hydrogen-bond donors (Lipinski definition) is 2. The molecule has 0 radical (unpaired) electrons. The number of fused-ring (bicyclic) bond motifs is 1. The third-order valence-corrected chi connectivity index (χ3v) is 2.96. The number of ether oxygens (including phenoxy) is 1. The number of H-pyrrole nitrogens is 1. The lowest BCUT2D eigenvalue weighted by molar-refractivity contribution is -0.143. The highest BCUT2D eigenvalue weighted by Gasteiger charge is 2.37. The summed E-state index contributed by atoms with van der Waals surface area (Å²) >= 11 is 0. The number of aliphatic carboxylic acids is 1. The average Bonchev–Trinajstić information content (AvgIpc) is 2.71. The summed E-state index contributed by atoms with van der Waals surface area (Å²) < 4.78 is 5.26. The molecule has 1 unspecified atom stereocenters. The summed E-state index contributed by atoms with van der Waals surface area (Å²) in [6.07, 6.45) is 1.45. The van der Waals surface area contributed by atoms with Gasteiger partial charge in [0.15, 0.2) is 0 Å². The van der Waals surface area contributed by atoms with E-state index in [4.69, 9.17) is 4.74 Å². The summed E-state index contributed by atoms with van der Waals surface area (Å²) in [5.41, 5.74) is 1.16. The van der Waals surface area contributed by atoms with E-state index in [-0.39, 0.29) is 6.54 Å². The number of carboxylic acids is 1. The van der Waals surface area contributed by atoms with Gasteiger partial charge in [-0.25, -0.2) is 9.59 Å². The SMILES string of the molecule is CC(C)(C)OC(=O)N1Cc2[nH]ccc2CC1C(=O)O. The predicted molar refractivity (Wildman–Crippen MR) is 67.7 cm³/mol. The van der Waals surface area contributed by atoms with Crippen LogP contribution in [0.4, 0.5) is 4.79 Å². The lowest BCUT2D eigenvalue weighted by atomic mass is 10.00. The number of rotatable bonds is 1. The summed E-state index contributed by atoms with van der Waals surface area (Å²) in [4.78, 5) is 27.7. The monoisotopic (exact) mass is 266 g/mol. The molecule has 2 heterocycles. The van der Waals surface area contributed by atoms with Crippen LogP contribution in [-0.2, 0) is 22.5 Å². The van der Waals surface area contributed by atoms with E-state index in [1.54, 1.807) is 27.0 Å². The van der Waals surface area contributed by atoms with Gasteiger partial charge in [-0.3, -0.25) is 4.90 Å². The maximum atomic E-state index is 12.1. The van der Waals surface area contributed by atoms with Crippen molar-refractivity contribution in [2.24, 2.45) is 0 Å².